The van der Waals surface area contributed by atoms with E-state index in [4.69, 9.17) is 4.74 Å². The maximum absolute atomic E-state index is 13.1. The van der Waals surface area contributed by atoms with Gasteiger partial charge in [0.2, 0.25) is 0 Å². The fraction of sp³-hybridized carbons (Fsp3) is 0.450. The number of hydrogen-bond acceptors (Lipinski definition) is 3. The third kappa shape index (κ3) is 3.01. The van der Waals surface area contributed by atoms with Gasteiger partial charge in [-0.2, -0.15) is 0 Å². The van der Waals surface area contributed by atoms with Gasteiger partial charge in [0.15, 0.2) is 0 Å². The zero-order valence-corrected chi connectivity index (χ0v) is 14.8. The number of nitrogens with zero attached hydrogens (tertiary/aromatic N) is 1. The van der Waals surface area contributed by atoms with Crippen LogP contribution in [-0.2, 0) is 17.6 Å². The summed E-state index contributed by atoms with van der Waals surface area (Å²) in [5, 5.41) is 2.08. The lowest BCUT2D eigenvalue weighted by atomic mass is 9.95. The highest BCUT2D eigenvalue weighted by Gasteiger charge is 2.31. The molecule has 0 radical (unpaired) electrons. The summed E-state index contributed by atoms with van der Waals surface area (Å²) in [6.07, 6.45) is 4.68. The highest BCUT2D eigenvalue weighted by molar-refractivity contribution is 7.10. The summed E-state index contributed by atoms with van der Waals surface area (Å²) in [4.78, 5) is 16.5. The van der Waals surface area contributed by atoms with Crippen LogP contribution in [0.2, 0.25) is 0 Å². The first kappa shape index (κ1) is 15.9. The first-order chi connectivity index (χ1) is 11.7. The number of ether oxygens (including phenoxy) is 1. The summed E-state index contributed by atoms with van der Waals surface area (Å²) in [5.41, 5.74) is 3.40. The molecule has 0 unspecified atom stereocenters. The van der Waals surface area contributed by atoms with Gasteiger partial charge in [-0.15, -0.1) is 11.3 Å². The molecule has 126 valence electrons. The zero-order chi connectivity index (χ0) is 16.5. The molecule has 4 rings (SSSR count). The van der Waals surface area contributed by atoms with Crippen LogP contribution in [0.1, 0.15) is 52.2 Å². The third-order valence-electron chi connectivity index (χ3n) is 5.01. The summed E-state index contributed by atoms with van der Waals surface area (Å²) in [5.74, 6) is 0.186. The normalized spacial score (nSPS) is 23.8. The van der Waals surface area contributed by atoms with Crippen LogP contribution in [0.4, 0.5) is 0 Å². The quantitative estimate of drug-likeness (QED) is 0.818. The Bertz CT molecular complexity index is 724. The number of benzene rings is 1. The average molecular weight is 341 g/mol. The standard InChI is InChI=1S/C20H23NO2S/c1-14-11-21(12-18(23-14)15-7-3-2-4-8-15)20(22)17-13-24-19-10-6-5-9-16(17)19/h2-4,7-8,13-14,18H,5-6,9-12H2,1H3/t14-,18+/m1/s1. The minimum atomic E-state index is -0.0339. The molecule has 24 heavy (non-hydrogen) atoms. The van der Waals surface area contributed by atoms with Gasteiger partial charge in [0.1, 0.15) is 6.10 Å². The summed E-state index contributed by atoms with van der Waals surface area (Å²) in [7, 11) is 0. The van der Waals surface area contributed by atoms with Gasteiger partial charge < -0.3 is 9.64 Å². The van der Waals surface area contributed by atoms with Crippen molar-refractivity contribution in [2.45, 2.75) is 44.8 Å². The number of amides is 1. The van der Waals surface area contributed by atoms with Crippen LogP contribution in [0.5, 0.6) is 0 Å². The van der Waals surface area contributed by atoms with Crippen molar-refractivity contribution in [3.05, 3.63) is 57.3 Å². The monoisotopic (exact) mass is 341 g/mol. The second kappa shape index (κ2) is 6.69. The van der Waals surface area contributed by atoms with Gasteiger partial charge >= 0.3 is 0 Å². The number of fused-ring (bicyclic) bond motifs is 1. The molecule has 2 aromatic rings. The Morgan fingerprint density at radius 1 is 1.17 bits per heavy atom. The molecule has 0 bridgehead atoms. The Morgan fingerprint density at radius 2 is 1.96 bits per heavy atom. The smallest absolute Gasteiger partial charge is 0.255 e. The Morgan fingerprint density at radius 3 is 2.79 bits per heavy atom. The van der Waals surface area contributed by atoms with E-state index in [1.165, 1.54) is 23.3 Å². The second-order valence-electron chi connectivity index (χ2n) is 6.81. The van der Waals surface area contributed by atoms with Crippen LogP contribution in [0.25, 0.3) is 0 Å². The Kier molecular flexibility index (Phi) is 4.42. The van der Waals surface area contributed by atoms with E-state index in [1.807, 2.05) is 23.1 Å². The van der Waals surface area contributed by atoms with Gasteiger partial charge in [-0.1, -0.05) is 30.3 Å². The molecular formula is C20H23NO2S. The van der Waals surface area contributed by atoms with Crippen molar-refractivity contribution in [1.82, 2.24) is 4.90 Å². The van der Waals surface area contributed by atoms with E-state index in [0.717, 1.165) is 24.0 Å². The minimum absolute atomic E-state index is 0.0339. The second-order valence-corrected chi connectivity index (χ2v) is 7.78. The van der Waals surface area contributed by atoms with Gasteiger partial charge in [-0.3, -0.25) is 4.79 Å². The lowest BCUT2D eigenvalue weighted by Gasteiger charge is -2.37. The number of aryl methyl sites for hydroxylation is 1. The predicted octanol–water partition coefficient (Wildman–Crippen LogP) is 4.23. The van der Waals surface area contributed by atoms with E-state index in [9.17, 15) is 4.79 Å². The number of thiophene rings is 1. The van der Waals surface area contributed by atoms with Crippen LogP contribution >= 0.6 is 11.3 Å². The zero-order valence-electron chi connectivity index (χ0n) is 14.0. The number of carbonyl (C=O) groups excluding carboxylic acids is 1. The third-order valence-corrected chi connectivity index (χ3v) is 6.10. The van der Waals surface area contributed by atoms with Crippen molar-refractivity contribution in [2.75, 3.05) is 13.1 Å². The van der Waals surface area contributed by atoms with Crippen molar-refractivity contribution >= 4 is 17.2 Å². The molecule has 0 N–H and O–H groups in total. The van der Waals surface area contributed by atoms with E-state index in [0.29, 0.717) is 13.1 Å². The molecule has 0 spiro atoms. The van der Waals surface area contributed by atoms with Crippen molar-refractivity contribution in [3.8, 4) is 0 Å². The van der Waals surface area contributed by atoms with Crippen molar-refractivity contribution in [2.24, 2.45) is 0 Å². The molecule has 2 heterocycles. The largest absolute Gasteiger partial charge is 0.367 e. The van der Waals surface area contributed by atoms with Crippen LogP contribution in [-0.4, -0.2) is 30.0 Å². The Labute approximate surface area is 147 Å². The fourth-order valence-corrected chi connectivity index (χ4v) is 4.93. The molecule has 1 aromatic heterocycles. The molecular weight excluding hydrogens is 318 g/mol. The van der Waals surface area contributed by atoms with E-state index in [1.54, 1.807) is 11.3 Å². The van der Waals surface area contributed by atoms with Gasteiger partial charge in [-0.25, -0.2) is 0 Å². The average Bonchev–Trinajstić information content (AvgIpc) is 3.05. The summed E-state index contributed by atoms with van der Waals surface area (Å²) in [6.45, 7) is 3.36. The SMILES string of the molecule is C[C@@H]1CN(C(=O)c2csc3c2CCCC3)C[C@@H](c2ccccc2)O1. The maximum Gasteiger partial charge on any atom is 0.255 e. The van der Waals surface area contributed by atoms with Gasteiger partial charge in [0, 0.05) is 16.8 Å². The summed E-state index contributed by atoms with van der Waals surface area (Å²) >= 11 is 1.76. The van der Waals surface area contributed by atoms with Gasteiger partial charge in [0.05, 0.1) is 18.2 Å². The molecule has 1 fully saturated rings. The molecule has 4 heteroatoms. The minimum Gasteiger partial charge on any atom is -0.367 e. The van der Waals surface area contributed by atoms with E-state index >= 15 is 0 Å². The first-order valence-electron chi connectivity index (χ1n) is 8.81. The number of hydrogen-bond donors (Lipinski definition) is 0. The summed E-state index contributed by atoms with van der Waals surface area (Å²) < 4.78 is 6.09. The van der Waals surface area contributed by atoms with Crippen molar-refractivity contribution in [1.29, 1.82) is 0 Å². The Hall–Kier alpha value is -1.65. The predicted molar refractivity (Wildman–Crippen MR) is 96.6 cm³/mol. The highest BCUT2D eigenvalue weighted by Crippen LogP contribution is 2.32. The highest BCUT2D eigenvalue weighted by atomic mass is 32.1. The molecule has 0 saturated carbocycles. The summed E-state index contributed by atoms with van der Waals surface area (Å²) in [6, 6.07) is 10.2. The topological polar surface area (TPSA) is 29.5 Å². The van der Waals surface area contributed by atoms with Crippen LogP contribution < -0.4 is 0 Å². The van der Waals surface area contributed by atoms with Crippen molar-refractivity contribution in [3.63, 3.8) is 0 Å². The molecule has 1 aromatic carbocycles. The first-order valence-corrected chi connectivity index (χ1v) is 9.69. The molecule has 1 saturated heterocycles. The van der Waals surface area contributed by atoms with E-state index in [-0.39, 0.29) is 18.1 Å². The van der Waals surface area contributed by atoms with Crippen LogP contribution in [0, 0.1) is 0 Å². The number of morpholine rings is 1. The van der Waals surface area contributed by atoms with E-state index < -0.39 is 0 Å². The molecule has 3 nitrogen and oxygen atoms in total. The van der Waals surface area contributed by atoms with Crippen LogP contribution in [0.15, 0.2) is 35.7 Å². The molecule has 1 aliphatic heterocycles. The molecule has 2 aliphatic rings. The van der Waals surface area contributed by atoms with Crippen molar-refractivity contribution < 1.29 is 9.53 Å². The lowest BCUT2D eigenvalue weighted by molar-refractivity contribution is -0.0691. The van der Waals surface area contributed by atoms with E-state index in [2.05, 4.69) is 24.4 Å². The van der Waals surface area contributed by atoms with Gasteiger partial charge in [0.25, 0.3) is 5.91 Å². The lowest BCUT2D eigenvalue weighted by Crippen LogP contribution is -2.46. The Balaban J connectivity index is 1.57. The maximum atomic E-state index is 13.1. The number of carbonyl (C=O) groups is 1. The fourth-order valence-electron chi connectivity index (χ4n) is 3.81. The molecule has 2 atom stereocenters. The molecule has 1 aliphatic carbocycles. The molecule has 1 amide bonds. The number of rotatable bonds is 2. The van der Waals surface area contributed by atoms with Gasteiger partial charge in [-0.05, 0) is 43.7 Å². The van der Waals surface area contributed by atoms with Crippen LogP contribution in [0.3, 0.4) is 0 Å².